The number of hydrogen-bond acceptors (Lipinski definition) is 7. The van der Waals surface area contributed by atoms with Crippen molar-refractivity contribution in [3.8, 4) is 11.3 Å². The molecule has 3 aliphatic rings. The molecular weight excluding hydrogens is 530 g/mol. The Bertz CT molecular complexity index is 1660. The van der Waals surface area contributed by atoms with Gasteiger partial charge in [0.2, 0.25) is 5.91 Å². The summed E-state index contributed by atoms with van der Waals surface area (Å²) >= 11 is 0. The predicted octanol–water partition coefficient (Wildman–Crippen LogP) is 4.64. The molecule has 10 heteroatoms. The molecule has 1 atom stereocenters. The normalized spacial score (nSPS) is 20.1. The predicted molar refractivity (Wildman–Crippen MR) is 159 cm³/mol. The molecule has 0 bridgehead atoms. The molecule has 1 saturated carbocycles. The molecule has 216 valence electrons. The second-order valence-corrected chi connectivity index (χ2v) is 12.1. The molecule has 0 unspecified atom stereocenters. The highest BCUT2D eigenvalue weighted by molar-refractivity contribution is 6.04. The van der Waals surface area contributed by atoms with Crippen molar-refractivity contribution in [2.45, 2.75) is 50.9 Å². The van der Waals surface area contributed by atoms with Gasteiger partial charge in [0.25, 0.3) is 5.91 Å². The quantitative estimate of drug-likeness (QED) is 0.349. The van der Waals surface area contributed by atoms with Crippen molar-refractivity contribution in [2.75, 3.05) is 37.4 Å². The Hall–Kier alpha value is -4.31. The van der Waals surface area contributed by atoms with Crippen molar-refractivity contribution in [3.63, 3.8) is 0 Å². The van der Waals surface area contributed by atoms with E-state index in [1.807, 2.05) is 46.7 Å². The van der Waals surface area contributed by atoms with E-state index in [4.69, 9.17) is 15.5 Å². The first-order valence-corrected chi connectivity index (χ1v) is 14.8. The number of benzene rings is 1. The lowest BCUT2D eigenvalue weighted by molar-refractivity contribution is -0.169. The average molecular weight is 566 g/mol. The zero-order chi connectivity index (χ0) is 28.8. The number of piperidine rings is 1. The molecule has 3 fully saturated rings. The van der Waals surface area contributed by atoms with Gasteiger partial charge in [0.15, 0.2) is 0 Å². The maximum Gasteiger partial charge on any atom is 0.256 e. The van der Waals surface area contributed by atoms with Gasteiger partial charge >= 0.3 is 0 Å². The number of nitrogens with two attached hydrogens (primary N) is 1. The first kappa shape index (κ1) is 26.6. The number of fused-ring (bicyclic) bond motifs is 1. The summed E-state index contributed by atoms with van der Waals surface area (Å²) in [6.07, 6.45) is 10.8. The Kier molecular flexibility index (Phi) is 6.65. The lowest BCUT2D eigenvalue weighted by atomic mass is 9.80. The molecule has 2 amide bonds. The van der Waals surface area contributed by atoms with Crippen LogP contribution in [0.1, 0.15) is 72.6 Å². The fourth-order valence-corrected chi connectivity index (χ4v) is 6.34. The Morgan fingerprint density at radius 2 is 1.81 bits per heavy atom. The summed E-state index contributed by atoms with van der Waals surface area (Å²) in [4.78, 5) is 42.0. The van der Waals surface area contributed by atoms with Crippen molar-refractivity contribution in [2.24, 2.45) is 5.41 Å². The van der Waals surface area contributed by atoms with Crippen LogP contribution >= 0.6 is 0 Å². The van der Waals surface area contributed by atoms with E-state index in [1.165, 1.54) is 24.8 Å². The minimum atomic E-state index is -0.431. The van der Waals surface area contributed by atoms with E-state index < -0.39 is 5.41 Å². The maximum atomic E-state index is 13.2. The van der Waals surface area contributed by atoms with E-state index in [1.54, 1.807) is 24.5 Å². The van der Waals surface area contributed by atoms with Crippen LogP contribution in [0.2, 0.25) is 0 Å². The van der Waals surface area contributed by atoms with Gasteiger partial charge in [-0.3, -0.25) is 14.0 Å². The molecule has 1 aliphatic carbocycles. The van der Waals surface area contributed by atoms with Gasteiger partial charge in [-0.05, 0) is 68.4 Å². The summed E-state index contributed by atoms with van der Waals surface area (Å²) < 4.78 is 7.35. The highest BCUT2D eigenvalue weighted by Crippen LogP contribution is 2.38. The smallest absolute Gasteiger partial charge is 0.256 e. The minimum absolute atomic E-state index is 0.0589. The molecule has 10 nitrogen and oxygen atoms in total. The second kappa shape index (κ2) is 10.5. The lowest BCUT2D eigenvalue weighted by Gasteiger charge is -2.42. The Morgan fingerprint density at radius 1 is 1.02 bits per heavy atom. The van der Waals surface area contributed by atoms with E-state index in [9.17, 15) is 9.59 Å². The zero-order valence-corrected chi connectivity index (χ0v) is 23.8. The number of nitrogens with zero attached hydrogens (tertiary/aromatic N) is 5. The van der Waals surface area contributed by atoms with Crippen LogP contribution in [0.5, 0.6) is 0 Å². The number of amides is 2. The molecule has 2 aliphatic heterocycles. The molecule has 3 N–H and O–H groups in total. The summed E-state index contributed by atoms with van der Waals surface area (Å²) in [7, 11) is 0. The van der Waals surface area contributed by atoms with Crippen LogP contribution < -0.4 is 11.1 Å². The number of hydrogen-bond donors (Lipinski definition) is 2. The third-order valence-corrected chi connectivity index (χ3v) is 9.06. The molecule has 1 aromatic carbocycles. The number of ether oxygens (including phenoxy) is 1. The van der Waals surface area contributed by atoms with Gasteiger partial charge in [0.1, 0.15) is 28.7 Å². The van der Waals surface area contributed by atoms with Crippen LogP contribution in [0.15, 0.2) is 55.0 Å². The van der Waals surface area contributed by atoms with Crippen molar-refractivity contribution in [1.29, 1.82) is 0 Å². The molecule has 0 radical (unpaired) electrons. The van der Waals surface area contributed by atoms with Gasteiger partial charge in [-0.25, -0.2) is 15.0 Å². The molecule has 3 aromatic heterocycles. The third kappa shape index (κ3) is 4.69. The van der Waals surface area contributed by atoms with Crippen LogP contribution in [0.3, 0.4) is 0 Å². The summed E-state index contributed by atoms with van der Waals surface area (Å²) in [5.74, 6) is 2.37. The highest BCUT2D eigenvalue weighted by Gasteiger charge is 2.44. The number of aromatic nitrogens is 4. The topological polar surface area (TPSA) is 128 Å². The molecular formula is C32H35N7O3. The Balaban J connectivity index is 1.14. The summed E-state index contributed by atoms with van der Waals surface area (Å²) in [6, 6.07) is 11.4. The molecule has 7 rings (SSSR count). The third-order valence-electron chi connectivity index (χ3n) is 9.06. The van der Waals surface area contributed by atoms with E-state index in [0.717, 1.165) is 36.3 Å². The number of carbonyl (C=O) groups excluding carboxylic acids is 2. The summed E-state index contributed by atoms with van der Waals surface area (Å²) in [5.41, 5.74) is 9.98. The van der Waals surface area contributed by atoms with Gasteiger partial charge in [0.05, 0.1) is 18.6 Å². The monoisotopic (exact) mass is 565 g/mol. The zero-order valence-electron chi connectivity index (χ0n) is 23.8. The average Bonchev–Trinajstić information content (AvgIpc) is 3.36. The van der Waals surface area contributed by atoms with E-state index in [2.05, 4.69) is 15.3 Å². The van der Waals surface area contributed by atoms with E-state index in [0.29, 0.717) is 48.6 Å². The van der Waals surface area contributed by atoms with Crippen molar-refractivity contribution in [1.82, 2.24) is 24.3 Å². The second-order valence-electron chi connectivity index (χ2n) is 12.1. The number of nitrogen functional groups attached to an aromatic ring is 1. The van der Waals surface area contributed by atoms with Gasteiger partial charge < -0.3 is 20.7 Å². The number of nitrogens with one attached hydrogen (secondary N) is 1. The van der Waals surface area contributed by atoms with Crippen LogP contribution in [0.4, 0.5) is 11.6 Å². The standard InChI is InChI=1S/C32H35N7O3/c1-32(18-42-19-32)31(41)38-14-3-6-24(17-38)29-37-26(27-28(33)35-13-15-39(27)29)21-7-9-22(10-8-21)30(40)36-25-16-23(11-12-34-25)20-4-2-5-20/h7-13,15-16,20,24H,2-6,14,17-19H2,1H3,(H2,33,35)(H,34,36,40)/t24-/m1/s1. The van der Waals surface area contributed by atoms with E-state index >= 15 is 0 Å². The number of anilines is 2. The maximum absolute atomic E-state index is 13.2. The van der Waals surface area contributed by atoms with Crippen LogP contribution in [0.25, 0.3) is 16.8 Å². The highest BCUT2D eigenvalue weighted by atomic mass is 16.5. The first-order chi connectivity index (χ1) is 20.4. The minimum Gasteiger partial charge on any atom is -0.382 e. The Morgan fingerprint density at radius 3 is 2.52 bits per heavy atom. The van der Waals surface area contributed by atoms with Crippen LogP contribution in [-0.4, -0.2) is 62.4 Å². The lowest BCUT2D eigenvalue weighted by Crippen LogP contribution is -2.55. The first-order valence-electron chi connectivity index (χ1n) is 14.8. The number of carbonyl (C=O) groups is 2. The largest absolute Gasteiger partial charge is 0.382 e. The number of rotatable bonds is 6. The number of likely N-dealkylation sites (tertiary alicyclic amines) is 1. The SMILES string of the molecule is CC1(C(=O)N2CCC[C@@H](c3nc(-c4ccc(C(=O)Nc5cc(C6CCC6)ccn5)cc4)c4c(N)nccn34)C2)COC1. The summed E-state index contributed by atoms with van der Waals surface area (Å²) in [5, 5.41) is 2.94. The molecule has 42 heavy (non-hydrogen) atoms. The Labute approximate surface area is 244 Å². The molecule has 0 spiro atoms. The number of pyridine rings is 1. The molecule has 5 heterocycles. The van der Waals surface area contributed by atoms with Crippen LogP contribution in [0, 0.1) is 5.41 Å². The van der Waals surface area contributed by atoms with Crippen molar-refractivity contribution >= 4 is 29.0 Å². The van der Waals surface area contributed by atoms with Gasteiger partial charge in [-0.2, -0.15) is 0 Å². The number of imidazole rings is 1. The van der Waals surface area contributed by atoms with Gasteiger partial charge in [-0.15, -0.1) is 0 Å². The van der Waals surface area contributed by atoms with Crippen LogP contribution in [-0.2, 0) is 9.53 Å². The van der Waals surface area contributed by atoms with Crippen molar-refractivity contribution < 1.29 is 14.3 Å². The fraction of sp³-hybridized carbons (Fsp3) is 0.406. The van der Waals surface area contributed by atoms with Gasteiger partial charge in [-0.1, -0.05) is 18.6 Å². The molecule has 2 saturated heterocycles. The van der Waals surface area contributed by atoms with Crippen molar-refractivity contribution in [3.05, 3.63) is 71.9 Å². The fourth-order valence-electron chi connectivity index (χ4n) is 6.34. The van der Waals surface area contributed by atoms with E-state index in [-0.39, 0.29) is 17.7 Å². The molecule has 4 aromatic rings. The summed E-state index contributed by atoms with van der Waals surface area (Å²) in [6.45, 7) is 4.27. The van der Waals surface area contributed by atoms with Gasteiger partial charge in [0, 0.05) is 48.7 Å².